The molecule has 24 heavy (non-hydrogen) atoms. The highest BCUT2D eigenvalue weighted by Gasteiger charge is 2.39. The van der Waals surface area contributed by atoms with Crippen LogP contribution in [0.4, 0.5) is 0 Å². The van der Waals surface area contributed by atoms with E-state index in [2.05, 4.69) is 5.32 Å². The summed E-state index contributed by atoms with van der Waals surface area (Å²) in [7, 11) is 0. The summed E-state index contributed by atoms with van der Waals surface area (Å²) in [6.07, 6.45) is 5.81. The molecular formula is C21H25NO2. The van der Waals surface area contributed by atoms with Crippen LogP contribution in [0, 0.1) is 0 Å². The molecule has 2 aromatic carbocycles. The summed E-state index contributed by atoms with van der Waals surface area (Å²) in [6.45, 7) is 0. The molecule has 1 fully saturated rings. The first-order valence-electron chi connectivity index (χ1n) is 8.81. The maximum atomic E-state index is 13.0. The minimum atomic E-state index is -1.54. The van der Waals surface area contributed by atoms with Gasteiger partial charge in [0, 0.05) is 12.5 Å². The summed E-state index contributed by atoms with van der Waals surface area (Å²) in [5.41, 5.74) is 0.0462. The predicted octanol–water partition coefficient (Wildman–Crippen LogP) is 3.57. The summed E-state index contributed by atoms with van der Waals surface area (Å²) in [5, 5.41) is 14.4. The number of hydrogen-bond acceptors (Lipinski definition) is 2. The first kappa shape index (κ1) is 16.7. The molecule has 0 heterocycles. The Labute approximate surface area is 143 Å². The van der Waals surface area contributed by atoms with Gasteiger partial charge in [-0.1, -0.05) is 79.9 Å². The highest BCUT2D eigenvalue weighted by atomic mass is 16.3. The van der Waals surface area contributed by atoms with E-state index in [-0.39, 0.29) is 18.4 Å². The van der Waals surface area contributed by atoms with Gasteiger partial charge in [-0.05, 0) is 24.0 Å². The number of carbonyl (C=O) groups excluding carboxylic acids is 1. The maximum absolute atomic E-state index is 13.0. The third kappa shape index (κ3) is 3.85. The van der Waals surface area contributed by atoms with Crippen molar-refractivity contribution in [3.05, 3.63) is 71.8 Å². The fraction of sp³-hybridized carbons (Fsp3) is 0.381. The lowest BCUT2D eigenvalue weighted by atomic mass is 9.85. The van der Waals surface area contributed by atoms with Crippen LogP contribution in [0.15, 0.2) is 60.7 Å². The number of carbonyl (C=O) groups is 1. The largest absolute Gasteiger partial charge is 0.375 e. The molecule has 3 heteroatoms. The van der Waals surface area contributed by atoms with Crippen molar-refractivity contribution in [1.82, 2.24) is 5.32 Å². The minimum absolute atomic E-state index is 0.178. The molecule has 1 unspecified atom stereocenters. The fourth-order valence-electron chi connectivity index (χ4n) is 3.47. The molecule has 0 aliphatic heterocycles. The lowest BCUT2D eigenvalue weighted by Crippen LogP contribution is -2.50. The van der Waals surface area contributed by atoms with Crippen LogP contribution in [0.3, 0.4) is 0 Å². The molecule has 0 saturated heterocycles. The maximum Gasteiger partial charge on any atom is 0.257 e. The minimum Gasteiger partial charge on any atom is -0.375 e. The van der Waals surface area contributed by atoms with E-state index in [0.29, 0.717) is 5.56 Å². The molecule has 1 atom stereocenters. The molecule has 3 rings (SSSR count). The molecule has 1 aliphatic rings. The van der Waals surface area contributed by atoms with Gasteiger partial charge in [-0.2, -0.15) is 0 Å². The Morgan fingerprint density at radius 1 is 0.958 bits per heavy atom. The predicted molar refractivity (Wildman–Crippen MR) is 95.5 cm³/mol. The van der Waals surface area contributed by atoms with E-state index in [1.54, 1.807) is 0 Å². The summed E-state index contributed by atoms with van der Waals surface area (Å²) in [4.78, 5) is 13.0. The van der Waals surface area contributed by atoms with E-state index in [1.165, 1.54) is 6.42 Å². The van der Waals surface area contributed by atoms with Gasteiger partial charge in [-0.15, -0.1) is 0 Å². The molecule has 0 radical (unpaired) electrons. The lowest BCUT2D eigenvalue weighted by molar-refractivity contribution is -0.141. The molecule has 0 spiro atoms. The normalized spacial score (nSPS) is 17.9. The van der Waals surface area contributed by atoms with Crippen LogP contribution in [0.5, 0.6) is 0 Å². The van der Waals surface area contributed by atoms with Gasteiger partial charge in [-0.3, -0.25) is 4.79 Å². The Hall–Kier alpha value is -2.13. The van der Waals surface area contributed by atoms with Gasteiger partial charge in [0.15, 0.2) is 5.60 Å². The third-order valence-electron chi connectivity index (χ3n) is 4.87. The van der Waals surface area contributed by atoms with E-state index in [9.17, 15) is 9.90 Å². The molecule has 1 amide bonds. The lowest BCUT2D eigenvalue weighted by Gasteiger charge is -2.31. The fourth-order valence-corrected chi connectivity index (χ4v) is 3.47. The van der Waals surface area contributed by atoms with Crippen molar-refractivity contribution in [3.63, 3.8) is 0 Å². The number of rotatable bonds is 5. The van der Waals surface area contributed by atoms with Gasteiger partial charge in [0.05, 0.1) is 0 Å². The zero-order valence-corrected chi connectivity index (χ0v) is 13.9. The zero-order valence-electron chi connectivity index (χ0n) is 13.9. The average molecular weight is 323 g/mol. The number of aliphatic hydroxyl groups is 1. The van der Waals surface area contributed by atoms with Crippen molar-refractivity contribution in [2.45, 2.75) is 50.2 Å². The topological polar surface area (TPSA) is 49.3 Å². The van der Waals surface area contributed by atoms with E-state index in [0.717, 1.165) is 31.2 Å². The Bertz CT molecular complexity index is 650. The molecule has 126 valence electrons. The molecular weight excluding hydrogens is 298 g/mol. The summed E-state index contributed by atoms with van der Waals surface area (Å²) in [6, 6.07) is 19.1. The van der Waals surface area contributed by atoms with Crippen molar-refractivity contribution < 1.29 is 9.90 Å². The standard InChI is InChI=1S/C21H25NO2/c23-20(22-19-14-8-3-9-15-19)21(24,18-12-6-2-7-13-18)16-17-10-4-1-5-11-17/h1-2,4-7,10-13,19,24H,3,8-9,14-16H2,(H,22,23). The monoisotopic (exact) mass is 323 g/mol. The summed E-state index contributed by atoms with van der Waals surface area (Å²) < 4.78 is 0. The van der Waals surface area contributed by atoms with Gasteiger partial charge in [0.2, 0.25) is 0 Å². The van der Waals surface area contributed by atoms with Crippen molar-refractivity contribution >= 4 is 5.91 Å². The second kappa shape index (κ2) is 7.63. The van der Waals surface area contributed by atoms with Crippen LogP contribution in [0.25, 0.3) is 0 Å². The van der Waals surface area contributed by atoms with Gasteiger partial charge < -0.3 is 10.4 Å². The molecule has 2 aromatic rings. The average Bonchev–Trinajstić information content (AvgIpc) is 2.64. The summed E-state index contributed by atoms with van der Waals surface area (Å²) >= 11 is 0. The van der Waals surface area contributed by atoms with E-state index in [4.69, 9.17) is 0 Å². The van der Waals surface area contributed by atoms with Crippen LogP contribution < -0.4 is 5.32 Å². The molecule has 1 aliphatic carbocycles. The number of hydrogen-bond donors (Lipinski definition) is 2. The van der Waals surface area contributed by atoms with Gasteiger partial charge in [0.1, 0.15) is 0 Å². The SMILES string of the molecule is O=C(NC1CCCCC1)C(O)(Cc1ccccc1)c1ccccc1. The van der Waals surface area contributed by atoms with Crippen LogP contribution >= 0.6 is 0 Å². The highest BCUT2D eigenvalue weighted by molar-refractivity contribution is 5.87. The van der Waals surface area contributed by atoms with Gasteiger partial charge in [0.25, 0.3) is 5.91 Å². The molecule has 2 N–H and O–H groups in total. The van der Waals surface area contributed by atoms with Crippen LogP contribution in [-0.4, -0.2) is 17.1 Å². The number of amides is 1. The van der Waals surface area contributed by atoms with Crippen molar-refractivity contribution in [2.75, 3.05) is 0 Å². The third-order valence-corrected chi connectivity index (χ3v) is 4.87. The van der Waals surface area contributed by atoms with Crippen molar-refractivity contribution in [1.29, 1.82) is 0 Å². The van der Waals surface area contributed by atoms with Crippen LogP contribution in [0.2, 0.25) is 0 Å². The second-order valence-electron chi connectivity index (χ2n) is 6.70. The van der Waals surface area contributed by atoms with Gasteiger partial charge in [-0.25, -0.2) is 0 Å². The first-order chi connectivity index (χ1) is 11.7. The van der Waals surface area contributed by atoms with Crippen molar-refractivity contribution in [3.8, 4) is 0 Å². The zero-order chi connectivity index (χ0) is 16.8. The van der Waals surface area contributed by atoms with E-state index in [1.807, 2.05) is 60.7 Å². The summed E-state index contributed by atoms with van der Waals surface area (Å²) in [5.74, 6) is -0.288. The number of nitrogens with one attached hydrogen (secondary N) is 1. The first-order valence-corrected chi connectivity index (χ1v) is 8.81. The Balaban J connectivity index is 1.85. The van der Waals surface area contributed by atoms with Crippen LogP contribution in [0.1, 0.15) is 43.2 Å². The molecule has 0 aromatic heterocycles. The molecule has 0 bridgehead atoms. The molecule has 1 saturated carbocycles. The smallest absolute Gasteiger partial charge is 0.257 e. The Kier molecular flexibility index (Phi) is 5.31. The second-order valence-corrected chi connectivity index (χ2v) is 6.70. The van der Waals surface area contributed by atoms with Crippen LogP contribution in [-0.2, 0) is 16.8 Å². The van der Waals surface area contributed by atoms with Crippen molar-refractivity contribution in [2.24, 2.45) is 0 Å². The number of benzene rings is 2. The van der Waals surface area contributed by atoms with E-state index < -0.39 is 5.60 Å². The molecule has 3 nitrogen and oxygen atoms in total. The van der Waals surface area contributed by atoms with E-state index >= 15 is 0 Å². The highest BCUT2D eigenvalue weighted by Crippen LogP contribution is 2.27. The van der Waals surface area contributed by atoms with Gasteiger partial charge >= 0.3 is 0 Å². The Morgan fingerprint density at radius 2 is 1.54 bits per heavy atom. The Morgan fingerprint density at radius 3 is 2.17 bits per heavy atom. The quantitative estimate of drug-likeness (QED) is 0.884.